The van der Waals surface area contributed by atoms with Gasteiger partial charge in [0.2, 0.25) is 0 Å². The zero-order chi connectivity index (χ0) is 18.4. The molecule has 1 aromatic carbocycles. The molecule has 2 N–H and O–H groups in total. The number of hydrogen-bond acceptors (Lipinski definition) is 3. The number of halogens is 1. The number of guanidine groups is 1. The van der Waals surface area contributed by atoms with Crippen LogP contribution in [0.25, 0.3) is 0 Å². The van der Waals surface area contributed by atoms with E-state index >= 15 is 0 Å². The minimum Gasteiger partial charge on any atom is -0.359 e. The van der Waals surface area contributed by atoms with Gasteiger partial charge in [-0.05, 0) is 18.4 Å². The summed E-state index contributed by atoms with van der Waals surface area (Å²) >= 11 is 0. The first-order valence-electron chi connectivity index (χ1n) is 8.79. The molecular weight excluding hydrogens is 439 g/mol. The smallest absolute Gasteiger partial charge is 0.191 e. The normalized spacial score (nSPS) is 12.0. The lowest BCUT2D eigenvalue weighted by Crippen LogP contribution is -2.43. The van der Waals surface area contributed by atoms with Gasteiger partial charge in [0.1, 0.15) is 0 Å². The van der Waals surface area contributed by atoms with Crippen LogP contribution in [-0.4, -0.2) is 24.7 Å². The van der Waals surface area contributed by atoms with Crippen molar-refractivity contribution in [2.45, 2.75) is 52.5 Å². The Morgan fingerprint density at radius 3 is 2.54 bits per heavy atom. The van der Waals surface area contributed by atoms with Crippen molar-refractivity contribution in [3.63, 3.8) is 0 Å². The van der Waals surface area contributed by atoms with E-state index in [-0.39, 0.29) is 29.4 Å². The summed E-state index contributed by atoms with van der Waals surface area (Å²) in [6.45, 7) is 12.1. The third-order valence-corrected chi connectivity index (χ3v) is 4.32. The Kier molecular flexibility index (Phi) is 8.59. The van der Waals surface area contributed by atoms with Crippen LogP contribution in [0.15, 0.2) is 39.8 Å². The van der Waals surface area contributed by atoms with Crippen LogP contribution in [-0.2, 0) is 12.0 Å². The average Bonchev–Trinajstić information content (AvgIpc) is 3.04. The Labute approximate surface area is 174 Å². The Bertz CT molecular complexity index is 722. The number of aromatic nitrogens is 1. The van der Waals surface area contributed by atoms with Crippen molar-refractivity contribution in [2.75, 3.05) is 13.6 Å². The summed E-state index contributed by atoms with van der Waals surface area (Å²) in [5, 5.41) is 10.8. The second kappa shape index (κ2) is 9.94. The fourth-order valence-corrected chi connectivity index (χ4v) is 2.55. The molecule has 1 aromatic heterocycles. The van der Waals surface area contributed by atoms with E-state index in [1.165, 1.54) is 11.1 Å². The minimum absolute atomic E-state index is 0. The molecule has 26 heavy (non-hydrogen) atoms. The van der Waals surface area contributed by atoms with Crippen molar-refractivity contribution in [3.8, 4) is 0 Å². The van der Waals surface area contributed by atoms with Gasteiger partial charge in [-0.2, -0.15) is 0 Å². The van der Waals surface area contributed by atoms with Crippen LogP contribution in [0.4, 0.5) is 0 Å². The fourth-order valence-electron chi connectivity index (χ4n) is 2.55. The van der Waals surface area contributed by atoms with Gasteiger partial charge in [0.25, 0.3) is 0 Å². The molecule has 0 aliphatic rings. The first-order valence-corrected chi connectivity index (χ1v) is 8.79. The molecule has 0 atom stereocenters. The van der Waals surface area contributed by atoms with Gasteiger partial charge in [0, 0.05) is 25.1 Å². The lowest BCUT2D eigenvalue weighted by atomic mass is 9.84. The first kappa shape index (κ1) is 22.5. The highest BCUT2D eigenvalue weighted by molar-refractivity contribution is 14.0. The highest BCUT2D eigenvalue weighted by Crippen LogP contribution is 2.23. The molecule has 0 unspecified atom stereocenters. The molecule has 1 heterocycles. The van der Waals surface area contributed by atoms with Crippen LogP contribution < -0.4 is 10.6 Å². The number of aryl methyl sites for hydroxylation is 1. The molecule has 0 radical (unpaired) electrons. The average molecular weight is 470 g/mol. The van der Waals surface area contributed by atoms with E-state index in [4.69, 9.17) is 4.52 Å². The second-order valence-electron chi connectivity index (χ2n) is 7.41. The van der Waals surface area contributed by atoms with Crippen molar-refractivity contribution < 1.29 is 4.52 Å². The highest BCUT2D eigenvalue weighted by Gasteiger charge is 2.21. The fraction of sp³-hybridized carbons (Fsp3) is 0.500. The molecule has 2 rings (SSSR count). The summed E-state index contributed by atoms with van der Waals surface area (Å²) in [5.74, 6) is 1.93. The van der Waals surface area contributed by atoms with Gasteiger partial charge >= 0.3 is 0 Å². The van der Waals surface area contributed by atoms with E-state index < -0.39 is 0 Å². The zero-order valence-electron chi connectivity index (χ0n) is 16.6. The van der Waals surface area contributed by atoms with Crippen LogP contribution in [0.1, 0.15) is 56.2 Å². The lowest BCUT2D eigenvalue weighted by Gasteiger charge is -2.27. The van der Waals surface area contributed by atoms with Gasteiger partial charge < -0.3 is 15.2 Å². The molecule has 0 fully saturated rings. The number of hydrogen-bond donors (Lipinski definition) is 2. The maximum atomic E-state index is 5.35. The van der Waals surface area contributed by atoms with Crippen molar-refractivity contribution in [3.05, 3.63) is 52.9 Å². The Hall–Kier alpha value is -1.57. The van der Waals surface area contributed by atoms with Gasteiger partial charge in [-0.15, -0.1) is 24.0 Å². The van der Waals surface area contributed by atoms with Crippen LogP contribution in [0.2, 0.25) is 0 Å². The van der Waals surface area contributed by atoms with Crippen LogP contribution >= 0.6 is 24.0 Å². The summed E-state index contributed by atoms with van der Waals surface area (Å²) < 4.78 is 5.35. The molecule has 0 aliphatic heterocycles. The molecule has 0 saturated carbocycles. The quantitative estimate of drug-likeness (QED) is 0.374. The predicted octanol–water partition coefficient (Wildman–Crippen LogP) is 4.37. The van der Waals surface area contributed by atoms with Crippen molar-refractivity contribution in [2.24, 2.45) is 4.99 Å². The monoisotopic (exact) mass is 470 g/mol. The lowest BCUT2D eigenvalue weighted by molar-refractivity contribution is 0.371. The number of nitrogens with one attached hydrogen (secondary N) is 2. The summed E-state index contributed by atoms with van der Waals surface area (Å²) in [4.78, 5) is 4.29. The number of benzene rings is 1. The summed E-state index contributed by atoms with van der Waals surface area (Å²) in [5.41, 5.74) is 3.56. The van der Waals surface area contributed by atoms with Gasteiger partial charge in [0.15, 0.2) is 11.7 Å². The van der Waals surface area contributed by atoms with Crippen molar-refractivity contribution in [1.82, 2.24) is 15.8 Å². The Morgan fingerprint density at radius 1 is 1.23 bits per heavy atom. The SMILES string of the molecule is CN=C(NCc1cc(C(C)C)no1)NCC(C)(C)c1cccc(C)c1.I. The molecule has 0 bridgehead atoms. The third kappa shape index (κ3) is 6.30. The van der Waals surface area contributed by atoms with Crippen LogP contribution in [0, 0.1) is 6.92 Å². The maximum absolute atomic E-state index is 5.35. The van der Waals surface area contributed by atoms with Gasteiger partial charge in [0.05, 0.1) is 12.2 Å². The molecule has 0 aliphatic carbocycles. The molecule has 144 valence electrons. The molecule has 2 aromatic rings. The van der Waals surface area contributed by atoms with Gasteiger partial charge in [-0.3, -0.25) is 4.99 Å². The predicted molar refractivity (Wildman–Crippen MR) is 118 cm³/mol. The standard InChI is InChI=1S/C20H30N4O.HI/c1-14(2)18-11-17(25-24-18)12-22-19(21-6)23-13-20(4,5)16-9-7-8-15(3)10-16;/h7-11,14H,12-13H2,1-6H3,(H2,21,22,23);1H. The van der Waals surface area contributed by atoms with Crippen molar-refractivity contribution >= 4 is 29.9 Å². The summed E-state index contributed by atoms with van der Waals surface area (Å²) in [6.07, 6.45) is 0. The second-order valence-corrected chi connectivity index (χ2v) is 7.41. The first-order chi connectivity index (χ1) is 11.8. The van der Waals surface area contributed by atoms with Crippen LogP contribution in [0.5, 0.6) is 0 Å². The number of aliphatic imine (C=N–C) groups is 1. The van der Waals surface area contributed by atoms with E-state index in [1.54, 1.807) is 7.05 Å². The minimum atomic E-state index is 0. The van der Waals surface area contributed by atoms with Crippen molar-refractivity contribution in [1.29, 1.82) is 0 Å². The summed E-state index contributed by atoms with van der Waals surface area (Å²) in [7, 11) is 1.77. The maximum Gasteiger partial charge on any atom is 0.191 e. The van der Waals surface area contributed by atoms with Crippen LogP contribution in [0.3, 0.4) is 0 Å². The molecular formula is C20H31IN4O. The van der Waals surface area contributed by atoms with E-state index in [0.717, 1.165) is 24.0 Å². The molecule has 0 saturated heterocycles. The molecule has 5 nitrogen and oxygen atoms in total. The third-order valence-electron chi connectivity index (χ3n) is 4.32. The Balaban J connectivity index is 0.00000338. The van der Waals surface area contributed by atoms with E-state index in [1.807, 2.05) is 6.07 Å². The van der Waals surface area contributed by atoms with E-state index in [2.05, 4.69) is 79.7 Å². The van der Waals surface area contributed by atoms with E-state index in [9.17, 15) is 0 Å². The molecule has 6 heteroatoms. The van der Waals surface area contributed by atoms with Gasteiger partial charge in [-0.25, -0.2) is 0 Å². The van der Waals surface area contributed by atoms with Gasteiger partial charge in [-0.1, -0.05) is 62.7 Å². The van der Waals surface area contributed by atoms with E-state index in [0.29, 0.717) is 12.5 Å². The Morgan fingerprint density at radius 2 is 1.96 bits per heavy atom. The largest absolute Gasteiger partial charge is 0.359 e. The molecule has 0 amide bonds. The number of nitrogens with zero attached hydrogens (tertiary/aromatic N) is 2. The highest BCUT2D eigenvalue weighted by atomic mass is 127. The number of rotatable bonds is 6. The topological polar surface area (TPSA) is 62.5 Å². The molecule has 0 spiro atoms. The summed E-state index contributed by atoms with van der Waals surface area (Å²) in [6, 6.07) is 10.6. The zero-order valence-corrected chi connectivity index (χ0v) is 18.9.